The quantitative estimate of drug-likeness (QED) is 0.726. The number of carbonyl (C=O) groups excluding carboxylic acids is 1. The van der Waals surface area contributed by atoms with Gasteiger partial charge < -0.3 is 9.88 Å². The van der Waals surface area contributed by atoms with E-state index in [4.69, 9.17) is 11.6 Å². The average molecular weight is 403 g/mol. The number of imidazole rings is 1. The summed E-state index contributed by atoms with van der Waals surface area (Å²) in [4.78, 5) is 21.5. The van der Waals surface area contributed by atoms with Crippen molar-refractivity contribution in [2.75, 3.05) is 11.1 Å². The smallest absolute Gasteiger partial charge is 0.275 e. The monoisotopic (exact) mass is 402 g/mol. The lowest BCUT2D eigenvalue weighted by Gasteiger charge is -2.09. The first-order chi connectivity index (χ1) is 12.8. The van der Waals surface area contributed by atoms with Gasteiger partial charge in [0.2, 0.25) is 15.0 Å². The minimum atomic E-state index is -3.51. The molecule has 1 amide bonds. The number of anilines is 1. The van der Waals surface area contributed by atoms with Crippen molar-refractivity contribution >= 4 is 33.2 Å². The highest BCUT2D eigenvalue weighted by atomic mass is 35.5. The third-order valence-corrected chi connectivity index (χ3v) is 6.10. The number of aryl methyl sites for hydroxylation is 1. The minimum absolute atomic E-state index is 0.0702. The summed E-state index contributed by atoms with van der Waals surface area (Å²) in [7, 11) is -3.51. The Morgan fingerprint density at radius 1 is 1.15 bits per heavy atom. The molecule has 4 rings (SSSR count). The molecule has 0 saturated carbocycles. The van der Waals surface area contributed by atoms with E-state index < -0.39 is 15.7 Å². The highest BCUT2D eigenvalue weighted by molar-refractivity contribution is 7.91. The molecule has 0 atom stereocenters. The van der Waals surface area contributed by atoms with E-state index in [9.17, 15) is 13.2 Å². The zero-order valence-electron chi connectivity index (χ0n) is 14.3. The molecule has 0 saturated heterocycles. The van der Waals surface area contributed by atoms with Crippen LogP contribution >= 0.6 is 11.6 Å². The maximum atomic E-state index is 13.0. The van der Waals surface area contributed by atoms with Gasteiger partial charge in [-0.05, 0) is 31.2 Å². The first kappa shape index (κ1) is 17.7. The Hall–Kier alpha value is -2.71. The number of benzene rings is 1. The topological polar surface area (TPSA) is 94.0 Å². The second-order valence-corrected chi connectivity index (χ2v) is 8.63. The van der Waals surface area contributed by atoms with Gasteiger partial charge in [-0.25, -0.2) is 18.4 Å². The van der Waals surface area contributed by atoms with Crippen molar-refractivity contribution in [1.82, 2.24) is 14.5 Å². The van der Waals surface area contributed by atoms with E-state index >= 15 is 0 Å². The van der Waals surface area contributed by atoms with E-state index in [-0.39, 0.29) is 23.1 Å². The summed E-state index contributed by atoms with van der Waals surface area (Å²) in [5.74, 6) is -0.147. The molecular weight excluding hydrogens is 388 g/mol. The fraction of sp³-hybridized carbons (Fsp3) is 0.167. The number of nitrogens with zero attached hydrogens (tertiary/aromatic N) is 3. The summed E-state index contributed by atoms with van der Waals surface area (Å²) in [5.41, 5.74) is 1.86. The predicted octanol–water partition coefficient (Wildman–Crippen LogP) is 2.95. The van der Waals surface area contributed by atoms with Crippen molar-refractivity contribution in [3.63, 3.8) is 0 Å². The largest absolute Gasteiger partial charge is 0.309 e. The van der Waals surface area contributed by atoms with Crippen molar-refractivity contribution < 1.29 is 13.2 Å². The predicted molar refractivity (Wildman–Crippen MR) is 102 cm³/mol. The number of aromatic nitrogens is 3. The van der Waals surface area contributed by atoms with E-state index in [1.807, 2.05) is 13.0 Å². The molecule has 1 aromatic carbocycles. The molecule has 3 heterocycles. The highest BCUT2D eigenvalue weighted by Gasteiger charge is 2.35. The fourth-order valence-electron chi connectivity index (χ4n) is 3.01. The van der Waals surface area contributed by atoms with Gasteiger partial charge in [-0.2, -0.15) is 0 Å². The summed E-state index contributed by atoms with van der Waals surface area (Å²) in [6, 6.07) is 12.0. The highest BCUT2D eigenvalue weighted by Crippen LogP contribution is 2.31. The summed E-state index contributed by atoms with van der Waals surface area (Å²) in [6.45, 7) is 2.00. The third-order valence-electron chi connectivity index (χ3n) is 4.26. The van der Waals surface area contributed by atoms with Gasteiger partial charge in [0.15, 0.2) is 0 Å². The van der Waals surface area contributed by atoms with Gasteiger partial charge in [-0.15, -0.1) is 0 Å². The molecule has 0 radical (unpaired) electrons. The molecular formula is C18H15ClN4O3S. The summed E-state index contributed by atoms with van der Waals surface area (Å²) in [5, 5.41) is 3.18. The Morgan fingerprint density at radius 2 is 1.89 bits per heavy atom. The van der Waals surface area contributed by atoms with Crippen LogP contribution in [0, 0.1) is 6.92 Å². The number of pyridine rings is 1. The summed E-state index contributed by atoms with van der Waals surface area (Å²) < 4.78 is 26.0. The molecule has 0 bridgehead atoms. The molecule has 0 fully saturated rings. The van der Waals surface area contributed by atoms with Crippen molar-refractivity contribution in [1.29, 1.82) is 0 Å². The van der Waals surface area contributed by atoms with Crippen LogP contribution in [0.3, 0.4) is 0 Å². The van der Waals surface area contributed by atoms with Gasteiger partial charge in [-0.1, -0.05) is 29.8 Å². The fourth-order valence-corrected chi connectivity index (χ4v) is 4.49. The molecule has 1 aliphatic rings. The van der Waals surface area contributed by atoms with Crippen LogP contribution in [0.15, 0.2) is 47.6 Å². The molecule has 1 N–H and O–H groups in total. The molecule has 3 aromatic rings. The van der Waals surface area contributed by atoms with Crippen LogP contribution in [0.5, 0.6) is 0 Å². The maximum Gasteiger partial charge on any atom is 0.275 e. The zero-order valence-corrected chi connectivity index (χ0v) is 15.9. The second-order valence-electron chi connectivity index (χ2n) is 6.19. The molecule has 27 heavy (non-hydrogen) atoms. The van der Waals surface area contributed by atoms with Gasteiger partial charge in [-0.3, -0.25) is 4.79 Å². The number of halogens is 1. The van der Waals surface area contributed by atoms with Gasteiger partial charge in [0.25, 0.3) is 5.91 Å². The average Bonchev–Trinajstić information content (AvgIpc) is 3.13. The SMILES string of the molecule is Cc1cccc(NC(=O)c2c(-c3ccc(Cl)cc3)nc3n2CCS3(=O)=O)n1. The Labute approximate surface area is 160 Å². The van der Waals surface area contributed by atoms with Crippen LogP contribution in [-0.2, 0) is 16.4 Å². The van der Waals surface area contributed by atoms with E-state index in [2.05, 4.69) is 15.3 Å². The lowest BCUT2D eigenvalue weighted by molar-refractivity contribution is 0.101. The first-order valence-corrected chi connectivity index (χ1v) is 10.2. The van der Waals surface area contributed by atoms with Gasteiger partial charge in [0.05, 0.1) is 5.75 Å². The van der Waals surface area contributed by atoms with Crippen LogP contribution in [0.1, 0.15) is 16.2 Å². The number of rotatable bonds is 3. The molecule has 7 nitrogen and oxygen atoms in total. The number of carbonyl (C=O) groups is 1. The third kappa shape index (κ3) is 3.22. The molecule has 2 aromatic heterocycles. The van der Waals surface area contributed by atoms with Crippen molar-refractivity contribution in [3.05, 3.63) is 58.9 Å². The van der Waals surface area contributed by atoms with Crippen molar-refractivity contribution in [2.24, 2.45) is 0 Å². The number of nitrogens with one attached hydrogen (secondary N) is 1. The Morgan fingerprint density at radius 3 is 2.59 bits per heavy atom. The van der Waals surface area contributed by atoms with E-state index in [1.165, 1.54) is 4.57 Å². The van der Waals surface area contributed by atoms with Gasteiger partial charge in [0, 0.05) is 22.8 Å². The van der Waals surface area contributed by atoms with Crippen LogP contribution in [0.4, 0.5) is 5.82 Å². The molecule has 0 unspecified atom stereocenters. The molecule has 0 spiro atoms. The number of fused-ring (bicyclic) bond motifs is 1. The van der Waals surface area contributed by atoms with Crippen LogP contribution in [0.25, 0.3) is 11.3 Å². The van der Waals surface area contributed by atoms with Gasteiger partial charge in [0.1, 0.15) is 17.2 Å². The summed E-state index contributed by atoms with van der Waals surface area (Å²) in [6.07, 6.45) is 0. The van der Waals surface area contributed by atoms with Crippen LogP contribution < -0.4 is 5.32 Å². The van der Waals surface area contributed by atoms with Gasteiger partial charge >= 0.3 is 0 Å². The van der Waals surface area contributed by atoms with Crippen molar-refractivity contribution in [3.8, 4) is 11.3 Å². The number of sulfone groups is 1. The lowest BCUT2D eigenvalue weighted by Crippen LogP contribution is -2.18. The molecule has 138 valence electrons. The van der Waals surface area contributed by atoms with E-state index in [0.29, 0.717) is 22.1 Å². The van der Waals surface area contributed by atoms with E-state index in [1.54, 1.807) is 36.4 Å². The normalized spacial score (nSPS) is 14.7. The second kappa shape index (κ2) is 6.47. The van der Waals surface area contributed by atoms with Crippen LogP contribution in [0.2, 0.25) is 5.02 Å². The first-order valence-electron chi connectivity index (χ1n) is 8.19. The molecule has 0 aliphatic carbocycles. The Balaban J connectivity index is 1.83. The number of hydrogen-bond acceptors (Lipinski definition) is 5. The summed E-state index contributed by atoms with van der Waals surface area (Å²) >= 11 is 5.93. The van der Waals surface area contributed by atoms with Crippen LogP contribution in [-0.4, -0.2) is 34.6 Å². The minimum Gasteiger partial charge on any atom is -0.309 e. The standard InChI is InChI=1S/C18H15ClN4O3S/c1-11-3-2-4-14(20-11)21-17(24)16-15(12-5-7-13(19)8-6-12)22-18-23(16)9-10-27(18,25)26/h2-8H,9-10H2,1H3,(H,20,21,24). The van der Waals surface area contributed by atoms with E-state index in [0.717, 1.165) is 5.69 Å². The lowest BCUT2D eigenvalue weighted by atomic mass is 10.1. The maximum absolute atomic E-state index is 13.0. The zero-order chi connectivity index (χ0) is 19.2. The molecule has 9 heteroatoms. The van der Waals surface area contributed by atoms with Crippen molar-refractivity contribution in [2.45, 2.75) is 18.6 Å². The number of amides is 1. The Kier molecular flexibility index (Phi) is 4.24. The number of hydrogen-bond donors (Lipinski definition) is 1. The molecule has 1 aliphatic heterocycles. The Bertz CT molecular complexity index is 1150.